The summed E-state index contributed by atoms with van der Waals surface area (Å²) in [6.45, 7) is 3.54. The summed E-state index contributed by atoms with van der Waals surface area (Å²) in [5, 5.41) is 0. The average Bonchev–Trinajstić information content (AvgIpc) is 2.71. The van der Waals surface area contributed by atoms with Crippen LogP contribution in [0.25, 0.3) is 0 Å². The zero-order valence-electron chi connectivity index (χ0n) is 10.7. The van der Waals surface area contributed by atoms with Gasteiger partial charge in [-0.15, -0.1) is 0 Å². The molecule has 0 N–H and O–H groups in total. The van der Waals surface area contributed by atoms with E-state index in [1.807, 2.05) is 0 Å². The Kier molecular flexibility index (Phi) is 4.10. The van der Waals surface area contributed by atoms with Crippen molar-refractivity contribution in [3.63, 3.8) is 0 Å². The first-order chi connectivity index (χ1) is 8.53. The molecule has 1 amide bonds. The molecule has 0 spiro atoms. The van der Waals surface area contributed by atoms with Gasteiger partial charge in [-0.1, -0.05) is 25.8 Å². The lowest BCUT2D eigenvalue weighted by molar-refractivity contribution is -0.131. The van der Waals surface area contributed by atoms with Crippen LogP contribution in [-0.4, -0.2) is 42.8 Å². The number of sulfone groups is 1. The van der Waals surface area contributed by atoms with E-state index in [1.165, 1.54) is 12.5 Å². The van der Waals surface area contributed by atoms with Gasteiger partial charge in [-0.05, 0) is 25.3 Å². The average molecular weight is 271 g/mol. The minimum atomic E-state index is -2.95. The molecule has 2 fully saturated rings. The minimum Gasteiger partial charge on any atom is -0.332 e. The second-order valence-corrected chi connectivity index (χ2v) is 7.53. The van der Waals surface area contributed by atoms with Gasteiger partial charge in [0.05, 0.1) is 11.5 Å². The smallest absolute Gasteiger partial charge is 0.246 e. The molecule has 0 aromatic heterocycles. The standard InChI is InChI=1S/C13H21NO3S/c1-2-13(15)14(11-6-4-3-5-7-11)12-8-9-18(16,17)10-12/h2,11-12H,1,3-10H2. The van der Waals surface area contributed by atoms with E-state index in [-0.39, 0.29) is 29.5 Å². The minimum absolute atomic E-state index is 0.107. The maximum atomic E-state index is 12.0. The van der Waals surface area contributed by atoms with Crippen molar-refractivity contribution in [3.8, 4) is 0 Å². The number of amides is 1. The third-order valence-corrected chi connectivity index (χ3v) is 5.75. The Morgan fingerprint density at radius 2 is 1.78 bits per heavy atom. The molecule has 0 aromatic rings. The largest absolute Gasteiger partial charge is 0.332 e. The van der Waals surface area contributed by atoms with Crippen molar-refractivity contribution in [3.05, 3.63) is 12.7 Å². The van der Waals surface area contributed by atoms with Crippen LogP contribution in [0.2, 0.25) is 0 Å². The molecule has 5 heteroatoms. The Morgan fingerprint density at radius 1 is 1.11 bits per heavy atom. The second kappa shape index (κ2) is 5.43. The van der Waals surface area contributed by atoms with Crippen molar-refractivity contribution in [1.29, 1.82) is 0 Å². The fourth-order valence-electron chi connectivity index (χ4n) is 3.12. The predicted molar refractivity (Wildman–Crippen MR) is 71.0 cm³/mol. The topological polar surface area (TPSA) is 54.5 Å². The Labute approximate surface area is 109 Å². The van der Waals surface area contributed by atoms with Gasteiger partial charge in [0.2, 0.25) is 5.91 Å². The molecule has 1 aliphatic carbocycles. The fourth-order valence-corrected chi connectivity index (χ4v) is 4.83. The van der Waals surface area contributed by atoms with Gasteiger partial charge in [-0.2, -0.15) is 0 Å². The highest BCUT2D eigenvalue weighted by Crippen LogP contribution is 2.28. The Morgan fingerprint density at radius 3 is 2.28 bits per heavy atom. The molecule has 2 rings (SSSR count). The van der Waals surface area contributed by atoms with Crippen LogP contribution in [-0.2, 0) is 14.6 Å². The monoisotopic (exact) mass is 271 g/mol. The fraction of sp³-hybridized carbons (Fsp3) is 0.769. The molecule has 2 aliphatic rings. The first kappa shape index (κ1) is 13.6. The molecule has 0 bridgehead atoms. The quantitative estimate of drug-likeness (QED) is 0.731. The van der Waals surface area contributed by atoms with E-state index in [2.05, 4.69) is 6.58 Å². The predicted octanol–water partition coefficient (Wildman–Crippen LogP) is 1.52. The van der Waals surface area contributed by atoms with E-state index in [0.717, 1.165) is 25.7 Å². The highest BCUT2D eigenvalue weighted by molar-refractivity contribution is 7.91. The lowest BCUT2D eigenvalue weighted by Gasteiger charge is -2.37. The molecule has 4 nitrogen and oxygen atoms in total. The van der Waals surface area contributed by atoms with Crippen LogP contribution >= 0.6 is 0 Å². The molecule has 1 saturated heterocycles. The maximum absolute atomic E-state index is 12.0. The molecule has 1 heterocycles. The van der Waals surface area contributed by atoms with Gasteiger partial charge in [0.15, 0.2) is 9.84 Å². The molecule has 1 unspecified atom stereocenters. The molecular formula is C13H21NO3S. The molecule has 0 aromatic carbocycles. The van der Waals surface area contributed by atoms with E-state index in [4.69, 9.17) is 0 Å². The number of hydrogen-bond acceptors (Lipinski definition) is 3. The van der Waals surface area contributed by atoms with Gasteiger partial charge in [-0.25, -0.2) is 8.42 Å². The van der Waals surface area contributed by atoms with Gasteiger partial charge in [0.25, 0.3) is 0 Å². The zero-order chi connectivity index (χ0) is 13.2. The number of hydrogen-bond donors (Lipinski definition) is 0. The van der Waals surface area contributed by atoms with E-state index in [9.17, 15) is 13.2 Å². The van der Waals surface area contributed by atoms with E-state index in [0.29, 0.717) is 6.42 Å². The third kappa shape index (κ3) is 2.94. The third-order valence-electron chi connectivity index (χ3n) is 4.00. The lowest BCUT2D eigenvalue weighted by Crippen LogP contribution is -2.47. The SMILES string of the molecule is C=CC(=O)N(C1CCCCC1)C1CCS(=O)(=O)C1. The Hall–Kier alpha value is -0.840. The highest BCUT2D eigenvalue weighted by Gasteiger charge is 2.37. The highest BCUT2D eigenvalue weighted by atomic mass is 32.2. The van der Waals surface area contributed by atoms with Crippen molar-refractivity contribution in [2.24, 2.45) is 0 Å². The van der Waals surface area contributed by atoms with Crippen LogP contribution in [0.4, 0.5) is 0 Å². The second-order valence-electron chi connectivity index (χ2n) is 5.30. The number of carbonyl (C=O) groups is 1. The summed E-state index contributed by atoms with van der Waals surface area (Å²) in [6.07, 6.45) is 7.37. The first-order valence-corrected chi connectivity index (χ1v) is 8.51. The molecular weight excluding hydrogens is 250 g/mol. The van der Waals surface area contributed by atoms with Crippen molar-refractivity contribution in [1.82, 2.24) is 4.90 Å². The molecule has 1 atom stereocenters. The van der Waals surface area contributed by atoms with Gasteiger partial charge >= 0.3 is 0 Å². The molecule has 1 aliphatic heterocycles. The van der Waals surface area contributed by atoms with Crippen LogP contribution in [0.15, 0.2) is 12.7 Å². The van der Waals surface area contributed by atoms with Crippen molar-refractivity contribution in [2.75, 3.05) is 11.5 Å². The summed E-state index contributed by atoms with van der Waals surface area (Å²) in [4.78, 5) is 13.8. The molecule has 0 radical (unpaired) electrons. The van der Waals surface area contributed by atoms with E-state index < -0.39 is 9.84 Å². The molecule has 18 heavy (non-hydrogen) atoms. The van der Waals surface area contributed by atoms with E-state index >= 15 is 0 Å². The summed E-state index contributed by atoms with van der Waals surface area (Å²) in [6, 6.07) is 0.0751. The Balaban J connectivity index is 2.14. The normalized spacial score (nSPS) is 27.9. The number of nitrogens with zero attached hydrogens (tertiary/aromatic N) is 1. The first-order valence-electron chi connectivity index (χ1n) is 6.68. The molecule has 1 saturated carbocycles. The van der Waals surface area contributed by atoms with Crippen LogP contribution < -0.4 is 0 Å². The van der Waals surface area contributed by atoms with Gasteiger partial charge in [0, 0.05) is 12.1 Å². The van der Waals surface area contributed by atoms with Crippen LogP contribution in [0.5, 0.6) is 0 Å². The van der Waals surface area contributed by atoms with Gasteiger partial charge < -0.3 is 4.90 Å². The van der Waals surface area contributed by atoms with Crippen LogP contribution in [0.3, 0.4) is 0 Å². The summed E-state index contributed by atoms with van der Waals surface area (Å²) >= 11 is 0. The lowest BCUT2D eigenvalue weighted by atomic mass is 9.93. The van der Waals surface area contributed by atoms with Crippen LogP contribution in [0.1, 0.15) is 38.5 Å². The molecule has 102 valence electrons. The van der Waals surface area contributed by atoms with Gasteiger partial charge in [-0.3, -0.25) is 4.79 Å². The van der Waals surface area contributed by atoms with Crippen molar-refractivity contribution in [2.45, 2.75) is 50.6 Å². The summed E-state index contributed by atoms with van der Waals surface area (Å²) < 4.78 is 23.2. The number of carbonyl (C=O) groups excluding carboxylic acids is 1. The van der Waals surface area contributed by atoms with Crippen molar-refractivity contribution < 1.29 is 13.2 Å². The van der Waals surface area contributed by atoms with Crippen LogP contribution in [0, 0.1) is 0 Å². The van der Waals surface area contributed by atoms with Gasteiger partial charge in [0.1, 0.15) is 0 Å². The maximum Gasteiger partial charge on any atom is 0.246 e. The van der Waals surface area contributed by atoms with Crippen molar-refractivity contribution >= 4 is 15.7 Å². The zero-order valence-corrected chi connectivity index (χ0v) is 11.5. The van der Waals surface area contributed by atoms with E-state index in [1.54, 1.807) is 4.90 Å². The Bertz CT molecular complexity index is 424. The summed E-state index contributed by atoms with van der Waals surface area (Å²) in [5.41, 5.74) is 0. The summed E-state index contributed by atoms with van der Waals surface area (Å²) in [7, 11) is -2.95. The summed E-state index contributed by atoms with van der Waals surface area (Å²) in [5.74, 6) is 0.234. The number of rotatable bonds is 3.